The van der Waals surface area contributed by atoms with Crippen molar-refractivity contribution in [1.82, 2.24) is 5.32 Å². The molecule has 1 aromatic carbocycles. The number of rotatable bonds is 5. The zero-order valence-electron chi connectivity index (χ0n) is 11.2. The number of aliphatic hydroxyl groups excluding tert-OH is 1. The largest absolute Gasteiger partial charge is 0.393 e. The second kappa shape index (κ2) is 7.01. The molecule has 0 aliphatic carbocycles. The molecule has 2 amide bonds. The Morgan fingerprint density at radius 1 is 1.28 bits per heavy atom. The number of carbonyl (C=O) groups is 1. The number of anilines is 1. The van der Waals surface area contributed by atoms with Crippen molar-refractivity contribution in [3.63, 3.8) is 0 Å². The van der Waals surface area contributed by atoms with Crippen molar-refractivity contribution in [1.29, 1.82) is 0 Å². The number of aliphatic hydroxyl groups is 1. The van der Waals surface area contributed by atoms with Crippen LogP contribution in [0.3, 0.4) is 0 Å². The Labute approximate surface area is 108 Å². The Balaban J connectivity index is 2.27. The molecule has 0 saturated carbocycles. The summed E-state index contributed by atoms with van der Waals surface area (Å²) in [4.78, 5) is 11.5. The van der Waals surface area contributed by atoms with Crippen molar-refractivity contribution in [2.45, 2.75) is 33.3 Å². The molecule has 1 aromatic rings. The van der Waals surface area contributed by atoms with E-state index in [1.807, 2.05) is 45.0 Å². The van der Waals surface area contributed by atoms with Gasteiger partial charge in [0.25, 0.3) is 0 Å². The minimum Gasteiger partial charge on any atom is -0.393 e. The van der Waals surface area contributed by atoms with E-state index in [-0.39, 0.29) is 18.1 Å². The van der Waals surface area contributed by atoms with Gasteiger partial charge in [-0.05, 0) is 31.4 Å². The Morgan fingerprint density at radius 3 is 2.44 bits per heavy atom. The SMILES string of the molecule is Cc1ccc(NC(=O)NCCC(O)C(C)C)cc1. The quantitative estimate of drug-likeness (QED) is 0.752. The van der Waals surface area contributed by atoms with Gasteiger partial charge in [-0.2, -0.15) is 0 Å². The number of nitrogens with one attached hydrogen (secondary N) is 2. The molecular weight excluding hydrogens is 228 g/mol. The lowest BCUT2D eigenvalue weighted by atomic mass is 10.0. The minimum absolute atomic E-state index is 0.215. The molecule has 0 aliphatic heterocycles. The number of amides is 2. The molecule has 18 heavy (non-hydrogen) atoms. The predicted octanol–water partition coefficient (Wildman–Crippen LogP) is 2.52. The summed E-state index contributed by atoms with van der Waals surface area (Å²) in [5.41, 5.74) is 1.92. The molecule has 0 heterocycles. The van der Waals surface area contributed by atoms with E-state index in [0.29, 0.717) is 13.0 Å². The summed E-state index contributed by atoms with van der Waals surface area (Å²) in [5.74, 6) is 0.215. The molecule has 1 unspecified atom stereocenters. The number of carbonyl (C=O) groups excluding carboxylic acids is 1. The average molecular weight is 250 g/mol. The lowest BCUT2D eigenvalue weighted by Gasteiger charge is -2.14. The fraction of sp³-hybridized carbons (Fsp3) is 0.500. The van der Waals surface area contributed by atoms with E-state index >= 15 is 0 Å². The van der Waals surface area contributed by atoms with Crippen molar-refractivity contribution in [2.24, 2.45) is 5.92 Å². The van der Waals surface area contributed by atoms with Crippen molar-refractivity contribution in [3.05, 3.63) is 29.8 Å². The third-order valence-corrected chi connectivity index (χ3v) is 2.80. The van der Waals surface area contributed by atoms with E-state index in [2.05, 4.69) is 10.6 Å². The van der Waals surface area contributed by atoms with E-state index in [4.69, 9.17) is 0 Å². The van der Waals surface area contributed by atoms with Crippen LogP contribution in [0.25, 0.3) is 0 Å². The summed E-state index contributed by atoms with van der Waals surface area (Å²) in [6, 6.07) is 7.36. The first kappa shape index (κ1) is 14.5. The van der Waals surface area contributed by atoms with Gasteiger partial charge in [-0.25, -0.2) is 4.79 Å². The van der Waals surface area contributed by atoms with Gasteiger partial charge in [0.15, 0.2) is 0 Å². The van der Waals surface area contributed by atoms with E-state index in [9.17, 15) is 9.90 Å². The highest BCUT2D eigenvalue weighted by atomic mass is 16.3. The van der Waals surface area contributed by atoms with Gasteiger partial charge < -0.3 is 15.7 Å². The molecule has 3 N–H and O–H groups in total. The second-order valence-electron chi connectivity index (χ2n) is 4.85. The number of aryl methyl sites for hydroxylation is 1. The van der Waals surface area contributed by atoms with Crippen LogP contribution < -0.4 is 10.6 Å². The number of hydrogen-bond acceptors (Lipinski definition) is 2. The Bertz CT molecular complexity index is 374. The van der Waals surface area contributed by atoms with Gasteiger partial charge in [0.1, 0.15) is 0 Å². The molecule has 0 saturated heterocycles. The van der Waals surface area contributed by atoms with Crippen molar-refractivity contribution in [2.75, 3.05) is 11.9 Å². The molecule has 0 bridgehead atoms. The van der Waals surface area contributed by atoms with Crippen LogP contribution in [0.1, 0.15) is 25.8 Å². The normalized spacial score (nSPS) is 12.3. The number of urea groups is 1. The molecule has 0 aliphatic rings. The first-order chi connectivity index (χ1) is 8.49. The van der Waals surface area contributed by atoms with Crippen LogP contribution in [0.4, 0.5) is 10.5 Å². The lowest BCUT2D eigenvalue weighted by molar-refractivity contribution is 0.117. The fourth-order valence-electron chi connectivity index (χ4n) is 1.48. The second-order valence-corrected chi connectivity index (χ2v) is 4.85. The third kappa shape index (κ3) is 5.19. The van der Waals surface area contributed by atoms with E-state index in [1.54, 1.807) is 0 Å². The fourth-order valence-corrected chi connectivity index (χ4v) is 1.48. The van der Waals surface area contributed by atoms with Crippen molar-refractivity contribution < 1.29 is 9.90 Å². The highest BCUT2D eigenvalue weighted by Crippen LogP contribution is 2.08. The van der Waals surface area contributed by atoms with Crippen LogP contribution in [-0.2, 0) is 0 Å². The summed E-state index contributed by atoms with van der Waals surface area (Å²) >= 11 is 0. The Kier molecular flexibility index (Phi) is 5.65. The maximum absolute atomic E-state index is 11.5. The Morgan fingerprint density at radius 2 is 1.89 bits per heavy atom. The topological polar surface area (TPSA) is 61.4 Å². The average Bonchev–Trinajstić information content (AvgIpc) is 2.32. The maximum Gasteiger partial charge on any atom is 0.319 e. The first-order valence-electron chi connectivity index (χ1n) is 6.28. The molecule has 0 aromatic heterocycles. The third-order valence-electron chi connectivity index (χ3n) is 2.80. The molecule has 0 spiro atoms. The van der Waals surface area contributed by atoms with Crippen LogP contribution in [-0.4, -0.2) is 23.8 Å². The van der Waals surface area contributed by atoms with Crippen LogP contribution in [0.5, 0.6) is 0 Å². The van der Waals surface area contributed by atoms with Gasteiger partial charge in [-0.15, -0.1) is 0 Å². The van der Waals surface area contributed by atoms with Gasteiger partial charge in [0.2, 0.25) is 0 Å². The van der Waals surface area contributed by atoms with Crippen molar-refractivity contribution >= 4 is 11.7 Å². The first-order valence-corrected chi connectivity index (χ1v) is 6.28. The summed E-state index contributed by atoms with van der Waals surface area (Å²) in [5, 5.41) is 15.0. The summed E-state index contributed by atoms with van der Waals surface area (Å²) < 4.78 is 0. The van der Waals surface area contributed by atoms with Crippen LogP contribution in [0.2, 0.25) is 0 Å². The molecule has 0 fully saturated rings. The number of benzene rings is 1. The van der Waals surface area contributed by atoms with Gasteiger partial charge in [0.05, 0.1) is 6.10 Å². The summed E-state index contributed by atoms with van der Waals surface area (Å²) in [6.07, 6.45) is 0.198. The molecular formula is C14H22N2O2. The van der Waals surface area contributed by atoms with Gasteiger partial charge in [-0.3, -0.25) is 0 Å². The van der Waals surface area contributed by atoms with Crippen molar-refractivity contribution in [3.8, 4) is 0 Å². The van der Waals surface area contributed by atoms with E-state index < -0.39 is 0 Å². The van der Waals surface area contributed by atoms with Gasteiger partial charge in [0, 0.05) is 12.2 Å². The van der Waals surface area contributed by atoms with Crippen LogP contribution in [0, 0.1) is 12.8 Å². The zero-order chi connectivity index (χ0) is 13.5. The molecule has 1 atom stereocenters. The summed E-state index contributed by atoms with van der Waals surface area (Å²) in [7, 11) is 0. The predicted molar refractivity (Wildman–Crippen MR) is 73.7 cm³/mol. The lowest BCUT2D eigenvalue weighted by Crippen LogP contribution is -2.32. The number of hydrogen-bond donors (Lipinski definition) is 3. The molecule has 4 nitrogen and oxygen atoms in total. The minimum atomic E-state index is -0.371. The smallest absolute Gasteiger partial charge is 0.319 e. The van der Waals surface area contributed by atoms with Crippen LogP contribution >= 0.6 is 0 Å². The highest BCUT2D eigenvalue weighted by Gasteiger charge is 2.09. The molecule has 0 radical (unpaired) electrons. The van der Waals surface area contributed by atoms with E-state index in [1.165, 1.54) is 0 Å². The molecule has 4 heteroatoms. The van der Waals surface area contributed by atoms with E-state index in [0.717, 1.165) is 11.3 Å². The molecule has 1 rings (SSSR count). The highest BCUT2D eigenvalue weighted by molar-refractivity contribution is 5.89. The molecule has 100 valence electrons. The maximum atomic E-state index is 11.5. The summed E-state index contributed by atoms with van der Waals surface area (Å²) in [6.45, 7) is 6.38. The van der Waals surface area contributed by atoms with Gasteiger partial charge in [-0.1, -0.05) is 31.5 Å². The van der Waals surface area contributed by atoms with Gasteiger partial charge >= 0.3 is 6.03 Å². The Hall–Kier alpha value is -1.55. The van der Waals surface area contributed by atoms with Crippen LogP contribution in [0.15, 0.2) is 24.3 Å². The standard InChI is InChI=1S/C14H22N2O2/c1-10(2)13(17)8-9-15-14(18)16-12-6-4-11(3)5-7-12/h4-7,10,13,17H,8-9H2,1-3H3,(H2,15,16,18). The zero-order valence-corrected chi connectivity index (χ0v) is 11.2. The monoisotopic (exact) mass is 250 g/mol.